The molecule has 0 unspecified atom stereocenters. The van der Waals surface area contributed by atoms with Gasteiger partial charge in [-0.05, 0) is 5.56 Å². The fourth-order valence-electron chi connectivity index (χ4n) is 2.05. The lowest BCUT2D eigenvalue weighted by molar-refractivity contribution is -0.131. The van der Waals surface area contributed by atoms with Crippen molar-refractivity contribution in [1.82, 2.24) is 9.88 Å². The SMILES string of the molecule is Cn1cc(OCc2ccccc2)c(=O)cc1CNC(=O)/C=C/C(=O)O. The lowest BCUT2D eigenvalue weighted by Gasteiger charge is -2.12. The van der Waals surface area contributed by atoms with Crippen LogP contribution in [0.3, 0.4) is 0 Å². The zero-order chi connectivity index (χ0) is 18.2. The average Bonchev–Trinajstić information content (AvgIpc) is 2.60. The molecule has 0 aliphatic rings. The number of aryl methyl sites for hydroxylation is 1. The summed E-state index contributed by atoms with van der Waals surface area (Å²) in [7, 11) is 1.73. The van der Waals surface area contributed by atoms with E-state index in [9.17, 15) is 14.4 Å². The molecular formula is C18H18N2O5. The van der Waals surface area contributed by atoms with Crippen molar-refractivity contribution >= 4 is 11.9 Å². The molecule has 2 rings (SSSR count). The lowest BCUT2D eigenvalue weighted by atomic mass is 10.2. The minimum absolute atomic E-state index is 0.0908. The molecule has 2 N–H and O–H groups in total. The molecule has 1 aromatic heterocycles. The molecule has 0 aliphatic carbocycles. The lowest BCUT2D eigenvalue weighted by Crippen LogP contribution is -2.24. The molecule has 1 heterocycles. The largest absolute Gasteiger partial charge is 0.483 e. The summed E-state index contributed by atoms with van der Waals surface area (Å²) in [6, 6.07) is 10.9. The highest BCUT2D eigenvalue weighted by Crippen LogP contribution is 2.09. The van der Waals surface area contributed by atoms with E-state index in [1.54, 1.807) is 17.8 Å². The average molecular weight is 342 g/mol. The number of benzene rings is 1. The molecular weight excluding hydrogens is 324 g/mol. The van der Waals surface area contributed by atoms with Crippen molar-refractivity contribution in [3.05, 3.63) is 76.2 Å². The maximum absolute atomic E-state index is 12.1. The summed E-state index contributed by atoms with van der Waals surface area (Å²) in [6.07, 6.45) is 3.21. The fourth-order valence-corrected chi connectivity index (χ4v) is 2.05. The van der Waals surface area contributed by atoms with Crippen molar-refractivity contribution in [2.24, 2.45) is 7.05 Å². The third-order valence-corrected chi connectivity index (χ3v) is 3.36. The van der Waals surface area contributed by atoms with Crippen LogP contribution in [-0.4, -0.2) is 21.6 Å². The Bertz CT molecular complexity index is 840. The maximum Gasteiger partial charge on any atom is 0.328 e. The molecule has 1 aromatic carbocycles. The van der Waals surface area contributed by atoms with E-state index in [1.807, 2.05) is 30.3 Å². The van der Waals surface area contributed by atoms with Crippen LogP contribution >= 0.6 is 0 Å². The first-order valence-corrected chi connectivity index (χ1v) is 7.51. The molecule has 0 aliphatic heterocycles. The van der Waals surface area contributed by atoms with Crippen LogP contribution in [0.1, 0.15) is 11.3 Å². The second kappa shape index (κ2) is 8.49. The maximum atomic E-state index is 12.1. The Labute approximate surface area is 144 Å². The van der Waals surface area contributed by atoms with Gasteiger partial charge in [0, 0.05) is 31.0 Å². The van der Waals surface area contributed by atoms with E-state index in [2.05, 4.69) is 5.32 Å². The first-order chi connectivity index (χ1) is 12.0. The molecule has 2 aromatic rings. The van der Waals surface area contributed by atoms with Crippen molar-refractivity contribution in [2.75, 3.05) is 0 Å². The number of carboxylic acid groups (broad SMARTS) is 1. The summed E-state index contributed by atoms with van der Waals surface area (Å²) in [5.74, 6) is -1.55. The summed E-state index contributed by atoms with van der Waals surface area (Å²) >= 11 is 0. The zero-order valence-corrected chi connectivity index (χ0v) is 13.6. The third kappa shape index (κ3) is 5.65. The van der Waals surface area contributed by atoms with Gasteiger partial charge in [0.2, 0.25) is 11.3 Å². The van der Waals surface area contributed by atoms with Gasteiger partial charge in [-0.3, -0.25) is 9.59 Å². The number of hydrogen-bond donors (Lipinski definition) is 2. The molecule has 0 atom stereocenters. The van der Waals surface area contributed by atoms with Crippen molar-refractivity contribution in [1.29, 1.82) is 0 Å². The summed E-state index contributed by atoms with van der Waals surface area (Å²) < 4.78 is 7.22. The Morgan fingerprint density at radius 2 is 1.96 bits per heavy atom. The van der Waals surface area contributed by atoms with Gasteiger partial charge in [0.05, 0.1) is 12.7 Å². The van der Waals surface area contributed by atoms with Crippen molar-refractivity contribution in [3.63, 3.8) is 0 Å². The minimum Gasteiger partial charge on any atom is -0.483 e. The minimum atomic E-state index is -1.21. The summed E-state index contributed by atoms with van der Waals surface area (Å²) in [5.41, 5.74) is 1.22. The van der Waals surface area contributed by atoms with Crippen LogP contribution in [0.5, 0.6) is 5.75 Å². The van der Waals surface area contributed by atoms with E-state index in [0.717, 1.165) is 17.7 Å². The number of pyridine rings is 1. The van der Waals surface area contributed by atoms with Crippen LogP contribution in [0.25, 0.3) is 0 Å². The quantitative estimate of drug-likeness (QED) is 0.738. The number of rotatable bonds is 7. The number of aromatic nitrogens is 1. The summed E-state index contributed by atoms with van der Waals surface area (Å²) in [6.45, 7) is 0.375. The molecule has 0 saturated heterocycles. The fraction of sp³-hybridized carbons (Fsp3) is 0.167. The molecule has 7 heteroatoms. The molecule has 0 fully saturated rings. The monoisotopic (exact) mass is 342 g/mol. The Kier molecular flexibility index (Phi) is 6.11. The highest BCUT2D eigenvalue weighted by molar-refractivity contribution is 5.93. The van der Waals surface area contributed by atoms with Gasteiger partial charge in [-0.2, -0.15) is 0 Å². The van der Waals surface area contributed by atoms with Crippen LogP contribution < -0.4 is 15.5 Å². The number of nitrogens with zero attached hydrogens (tertiary/aromatic N) is 1. The van der Waals surface area contributed by atoms with E-state index in [4.69, 9.17) is 9.84 Å². The van der Waals surface area contributed by atoms with Gasteiger partial charge in [0.25, 0.3) is 0 Å². The van der Waals surface area contributed by atoms with Crippen LogP contribution in [0, 0.1) is 0 Å². The molecule has 0 bridgehead atoms. The van der Waals surface area contributed by atoms with Gasteiger partial charge in [-0.15, -0.1) is 0 Å². The van der Waals surface area contributed by atoms with E-state index in [0.29, 0.717) is 5.69 Å². The van der Waals surface area contributed by atoms with Crippen molar-refractivity contribution < 1.29 is 19.4 Å². The summed E-state index contributed by atoms with van der Waals surface area (Å²) in [5, 5.41) is 11.0. The predicted molar refractivity (Wildman–Crippen MR) is 91.1 cm³/mol. The first kappa shape index (κ1) is 18.0. The molecule has 0 saturated carbocycles. The molecule has 7 nitrogen and oxygen atoms in total. The van der Waals surface area contributed by atoms with E-state index in [1.165, 1.54) is 6.07 Å². The number of ether oxygens (including phenoxy) is 1. The van der Waals surface area contributed by atoms with E-state index < -0.39 is 11.9 Å². The molecule has 130 valence electrons. The summed E-state index contributed by atoms with van der Waals surface area (Å²) in [4.78, 5) is 34.0. The normalized spacial score (nSPS) is 10.6. The number of carboxylic acids is 1. The number of amides is 1. The second-order valence-corrected chi connectivity index (χ2v) is 5.27. The van der Waals surface area contributed by atoms with E-state index >= 15 is 0 Å². The van der Waals surface area contributed by atoms with Gasteiger partial charge in [-0.1, -0.05) is 30.3 Å². The number of hydrogen-bond acceptors (Lipinski definition) is 4. The highest BCUT2D eigenvalue weighted by Gasteiger charge is 2.07. The number of carbonyl (C=O) groups is 2. The van der Waals surface area contributed by atoms with Crippen LogP contribution in [0.4, 0.5) is 0 Å². The Balaban J connectivity index is 2.00. The zero-order valence-electron chi connectivity index (χ0n) is 13.6. The number of carbonyl (C=O) groups excluding carboxylic acids is 1. The molecule has 25 heavy (non-hydrogen) atoms. The smallest absolute Gasteiger partial charge is 0.328 e. The Morgan fingerprint density at radius 1 is 1.24 bits per heavy atom. The van der Waals surface area contributed by atoms with Crippen molar-refractivity contribution in [3.8, 4) is 5.75 Å². The molecule has 0 spiro atoms. The van der Waals surface area contributed by atoms with Crippen LogP contribution in [0.15, 0.2) is 59.5 Å². The molecule has 1 amide bonds. The second-order valence-electron chi connectivity index (χ2n) is 5.27. The standard InChI is InChI=1S/C18H18N2O5/c1-20-11-16(25-12-13-5-3-2-4-6-13)15(21)9-14(20)10-19-17(22)7-8-18(23)24/h2-9,11H,10,12H2,1H3,(H,19,22)(H,23,24)/b8-7+. The van der Waals surface area contributed by atoms with Gasteiger partial charge >= 0.3 is 5.97 Å². The van der Waals surface area contributed by atoms with Crippen LogP contribution in [-0.2, 0) is 29.8 Å². The van der Waals surface area contributed by atoms with Crippen LogP contribution in [0.2, 0.25) is 0 Å². The first-order valence-electron chi connectivity index (χ1n) is 7.51. The third-order valence-electron chi connectivity index (χ3n) is 3.36. The molecule has 0 radical (unpaired) electrons. The van der Waals surface area contributed by atoms with E-state index in [-0.39, 0.29) is 24.3 Å². The Morgan fingerprint density at radius 3 is 2.64 bits per heavy atom. The van der Waals surface area contributed by atoms with Crippen molar-refractivity contribution in [2.45, 2.75) is 13.2 Å². The van der Waals surface area contributed by atoms with Gasteiger partial charge in [-0.25, -0.2) is 4.79 Å². The van der Waals surface area contributed by atoms with Gasteiger partial charge < -0.3 is 19.7 Å². The predicted octanol–water partition coefficient (Wildman–Crippen LogP) is 1.22. The topological polar surface area (TPSA) is 97.6 Å². The van der Waals surface area contributed by atoms with Gasteiger partial charge in [0.15, 0.2) is 5.75 Å². The van der Waals surface area contributed by atoms with Gasteiger partial charge in [0.1, 0.15) is 6.61 Å². The number of aliphatic carboxylic acids is 1. The number of nitrogens with one attached hydrogen (secondary N) is 1. The Hall–Kier alpha value is -3.35. The highest BCUT2D eigenvalue weighted by atomic mass is 16.5.